The molecule has 0 heterocycles. The second-order valence-corrected chi connectivity index (χ2v) is 11.0. The zero-order valence-corrected chi connectivity index (χ0v) is 21.8. The van der Waals surface area contributed by atoms with E-state index in [0.29, 0.717) is 13.2 Å². The van der Waals surface area contributed by atoms with Crippen molar-refractivity contribution < 1.29 is 9.47 Å². The molecule has 0 bridgehead atoms. The van der Waals surface area contributed by atoms with E-state index in [1.54, 1.807) is 0 Å². The SMILES string of the molecule is CC(S)COc1ccc(C2(c3ccc(OCC(C)S)cc3)c3ccccc3-c3ccccc32)cc1. The summed E-state index contributed by atoms with van der Waals surface area (Å²) in [6, 6.07) is 34.6. The number of rotatable bonds is 8. The third-order valence-electron chi connectivity index (χ3n) is 6.51. The van der Waals surface area contributed by atoms with Gasteiger partial charge in [0.1, 0.15) is 11.5 Å². The predicted octanol–water partition coefficient (Wildman–Crippen LogP) is 7.44. The summed E-state index contributed by atoms with van der Waals surface area (Å²) < 4.78 is 11.9. The summed E-state index contributed by atoms with van der Waals surface area (Å²) in [5, 5.41) is 0.363. The van der Waals surface area contributed by atoms with Crippen LogP contribution >= 0.6 is 25.3 Å². The van der Waals surface area contributed by atoms with Gasteiger partial charge in [-0.2, -0.15) is 25.3 Å². The van der Waals surface area contributed by atoms with Crippen molar-refractivity contribution in [3.8, 4) is 22.6 Å². The van der Waals surface area contributed by atoms with E-state index in [2.05, 4.69) is 122 Å². The van der Waals surface area contributed by atoms with Gasteiger partial charge in [-0.25, -0.2) is 0 Å². The molecule has 5 rings (SSSR count). The van der Waals surface area contributed by atoms with Crippen LogP contribution in [0.1, 0.15) is 36.1 Å². The Bertz CT molecular complexity index is 1190. The molecular formula is C31H30O2S2. The van der Waals surface area contributed by atoms with Gasteiger partial charge in [0.2, 0.25) is 0 Å². The maximum absolute atomic E-state index is 5.93. The molecule has 0 aromatic heterocycles. The summed E-state index contributed by atoms with van der Waals surface area (Å²) in [6.45, 7) is 5.21. The van der Waals surface area contributed by atoms with Crippen molar-refractivity contribution in [3.63, 3.8) is 0 Å². The van der Waals surface area contributed by atoms with Gasteiger partial charge in [-0.15, -0.1) is 0 Å². The molecule has 4 aromatic carbocycles. The van der Waals surface area contributed by atoms with Crippen LogP contribution in [0.2, 0.25) is 0 Å². The molecule has 0 aliphatic heterocycles. The minimum Gasteiger partial charge on any atom is -0.492 e. The van der Waals surface area contributed by atoms with E-state index in [1.165, 1.54) is 33.4 Å². The zero-order chi connectivity index (χ0) is 24.4. The summed E-state index contributed by atoms with van der Waals surface area (Å²) in [6.07, 6.45) is 0. The summed E-state index contributed by atoms with van der Waals surface area (Å²) >= 11 is 8.88. The van der Waals surface area contributed by atoms with Gasteiger partial charge in [0.25, 0.3) is 0 Å². The van der Waals surface area contributed by atoms with Gasteiger partial charge in [0.15, 0.2) is 0 Å². The van der Waals surface area contributed by atoms with Crippen LogP contribution in [0.3, 0.4) is 0 Å². The molecule has 0 amide bonds. The molecule has 0 N–H and O–H groups in total. The van der Waals surface area contributed by atoms with Crippen molar-refractivity contribution >= 4 is 25.3 Å². The number of thiol groups is 2. The number of hydrogen-bond acceptors (Lipinski definition) is 4. The van der Waals surface area contributed by atoms with Crippen LogP contribution in [-0.2, 0) is 5.41 Å². The quantitative estimate of drug-likeness (QED) is 0.217. The van der Waals surface area contributed by atoms with Crippen LogP contribution in [0.15, 0.2) is 97.1 Å². The van der Waals surface area contributed by atoms with Gasteiger partial charge in [0, 0.05) is 10.5 Å². The number of fused-ring (bicyclic) bond motifs is 3. The van der Waals surface area contributed by atoms with Crippen molar-refractivity contribution in [1.29, 1.82) is 0 Å². The van der Waals surface area contributed by atoms with E-state index < -0.39 is 5.41 Å². The van der Waals surface area contributed by atoms with E-state index in [4.69, 9.17) is 9.47 Å². The monoisotopic (exact) mass is 498 g/mol. The van der Waals surface area contributed by atoms with Crippen molar-refractivity contribution in [2.24, 2.45) is 0 Å². The fourth-order valence-corrected chi connectivity index (χ4v) is 5.21. The zero-order valence-electron chi connectivity index (χ0n) is 20.0. The molecule has 0 saturated carbocycles. The first-order valence-corrected chi connectivity index (χ1v) is 13.1. The molecule has 1 aliphatic rings. The third-order valence-corrected chi connectivity index (χ3v) is 6.81. The Balaban J connectivity index is 1.67. The number of benzene rings is 4. The average molecular weight is 499 g/mol. The summed E-state index contributed by atoms with van der Waals surface area (Å²) in [5.74, 6) is 1.71. The fourth-order valence-electron chi connectivity index (χ4n) is 5.06. The van der Waals surface area contributed by atoms with Crippen molar-refractivity contribution in [2.45, 2.75) is 29.8 Å². The van der Waals surface area contributed by atoms with Crippen LogP contribution in [0, 0.1) is 0 Å². The van der Waals surface area contributed by atoms with E-state index >= 15 is 0 Å². The number of hydrogen-bond donors (Lipinski definition) is 2. The molecule has 1 aliphatic carbocycles. The highest BCUT2D eigenvalue weighted by atomic mass is 32.1. The molecule has 0 fully saturated rings. The standard InChI is InChI=1S/C31H30O2S2/c1-21(34)19-32-25-15-11-23(12-16-25)31(24-13-17-26(18-14-24)33-20-22(2)35)29-9-5-3-7-27(29)28-8-4-6-10-30(28)31/h3-18,21-22,34-35H,19-20H2,1-2H3. The molecule has 2 unspecified atom stereocenters. The van der Waals surface area contributed by atoms with E-state index in [0.717, 1.165) is 11.5 Å². The Morgan fingerprint density at radius 3 is 1.31 bits per heavy atom. The summed E-state index contributed by atoms with van der Waals surface area (Å²) in [7, 11) is 0. The van der Waals surface area contributed by atoms with Crippen LogP contribution in [-0.4, -0.2) is 23.7 Å². The minimum atomic E-state index is -0.433. The van der Waals surface area contributed by atoms with E-state index in [1.807, 2.05) is 13.8 Å². The van der Waals surface area contributed by atoms with E-state index in [-0.39, 0.29) is 10.5 Å². The molecule has 2 atom stereocenters. The predicted molar refractivity (Wildman–Crippen MR) is 152 cm³/mol. The van der Waals surface area contributed by atoms with Gasteiger partial charge in [0.05, 0.1) is 18.6 Å². The van der Waals surface area contributed by atoms with Gasteiger partial charge < -0.3 is 9.47 Å². The smallest absolute Gasteiger partial charge is 0.119 e. The Morgan fingerprint density at radius 2 is 0.943 bits per heavy atom. The van der Waals surface area contributed by atoms with Crippen LogP contribution in [0.5, 0.6) is 11.5 Å². The average Bonchev–Trinajstić information content (AvgIpc) is 3.18. The largest absolute Gasteiger partial charge is 0.492 e. The maximum Gasteiger partial charge on any atom is 0.119 e. The van der Waals surface area contributed by atoms with Crippen molar-refractivity contribution in [2.75, 3.05) is 13.2 Å². The highest BCUT2D eigenvalue weighted by molar-refractivity contribution is 7.81. The lowest BCUT2D eigenvalue weighted by Crippen LogP contribution is -2.28. The Hall–Kier alpha value is -2.82. The lowest BCUT2D eigenvalue weighted by Gasteiger charge is -2.34. The molecular weight excluding hydrogens is 468 g/mol. The Morgan fingerprint density at radius 1 is 0.571 bits per heavy atom. The van der Waals surface area contributed by atoms with E-state index in [9.17, 15) is 0 Å². The first kappa shape index (κ1) is 23.9. The maximum atomic E-state index is 5.93. The highest BCUT2D eigenvalue weighted by Gasteiger charge is 2.45. The normalized spacial score (nSPS) is 15.1. The van der Waals surface area contributed by atoms with Crippen molar-refractivity contribution in [1.82, 2.24) is 0 Å². The first-order chi connectivity index (χ1) is 17.0. The third kappa shape index (κ3) is 4.46. The summed E-state index contributed by atoms with van der Waals surface area (Å²) in [4.78, 5) is 0. The Kier molecular flexibility index (Phi) is 6.86. The number of ether oxygens (including phenoxy) is 2. The summed E-state index contributed by atoms with van der Waals surface area (Å²) in [5.41, 5.74) is 7.11. The Labute approximate surface area is 219 Å². The molecule has 4 heteroatoms. The molecule has 2 nitrogen and oxygen atoms in total. The second kappa shape index (κ2) is 10.0. The molecule has 178 valence electrons. The van der Waals surface area contributed by atoms with Crippen LogP contribution < -0.4 is 9.47 Å². The van der Waals surface area contributed by atoms with Gasteiger partial charge >= 0.3 is 0 Å². The molecule has 35 heavy (non-hydrogen) atoms. The lowest BCUT2D eigenvalue weighted by molar-refractivity contribution is 0.322. The van der Waals surface area contributed by atoms with Crippen LogP contribution in [0.25, 0.3) is 11.1 Å². The molecule has 0 spiro atoms. The van der Waals surface area contributed by atoms with Crippen molar-refractivity contribution in [3.05, 3.63) is 119 Å². The molecule has 0 radical (unpaired) electrons. The van der Waals surface area contributed by atoms with Gasteiger partial charge in [-0.05, 0) is 57.6 Å². The fraction of sp³-hybridized carbons (Fsp3) is 0.226. The van der Waals surface area contributed by atoms with Gasteiger partial charge in [-0.1, -0.05) is 86.6 Å². The van der Waals surface area contributed by atoms with Gasteiger partial charge in [-0.3, -0.25) is 0 Å². The minimum absolute atomic E-state index is 0.181. The lowest BCUT2D eigenvalue weighted by atomic mass is 9.68. The highest BCUT2D eigenvalue weighted by Crippen LogP contribution is 2.56. The topological polar surface area (TPSA) is 18.5 Å². The second-order valence-electron chi connectivity index (χ2n) is 9.21. The first-order valence-electron chi connectivity index (χ1n) is 12.0. The van der Waals surface area contributed by atoms with Crippen LogP contribution in [0.4, 0.5) is 0 Å². The molecule has 4 aromatic rings. The molecule has 0 saturated heterocycles.